The molecule has 1 aliphatic rings. The number of nitrogens with zero attached hydrogens (tertiary/aromatic N) is 1. The molecule has 0 saturated carbocycles. The molecule has 2 amide bonds. The lowest BCUT2D eigenvalue weighted by atomic mass is 10.1. The lowest BCUT2D eigenvalue weighted by molar-refractivity contribution is -0.137. The Labute approximate surface area is 137 Å². The summed E-state index contributed by atoms with van der Waals surface area (Å²) in [4.78, 5) is 23.7. The lowest BCUT2D eigenvalue weighted by Crippen LogP contribution is -2.38. The van der Waals surface area contributed by atoms with Crippen LogP contribution in [0.15, 0.2) is 12.2 Å². The second-order valence-corrected chi connectivity index (χ2v) is 6.18. The van der Waals surface area contributed by atoms with E-state index in [-0.39, 0.29) is 23.9 Å². The Morgan fingerprint density at radius 2 is 1.35 bits per heavy atom. The molecule has 1 rings (SSSR count). The maximum Gasteiger partial charge on any atom is 0.253 e. The smallest absolute Gasteiger partial charge is 0.253 e. The molecule has 7 heteroatoms. The summed E-state index contributed by atoms with van der Waals surface area (Å²) < 4.78 is 16.1. The molecule has 1 heterocycles. The molecule has 0 aromatic rings. The fourth-order valence-corrected chi connectivity index (χ4v) is 1.85. The van der Waals surface area contributed by atoms with E-state index in [9.17, 15) is 9.59 Å². The Hall–Kier alpha value is -1.28. The minimum absolute atomic E-state index is 0.109. The number of ether oxygens (including phenoxy) is 3. The topological polar surface area (TPSA) is 77.1 Å². The van der Waals surface area contributed by atoms with Crippen molar-refractivity contribution in [3.05, 3.63) is 12.2 Å². The summed E-state index contributed by atoms with van der Waals surface area (Å²) in [5.74, 6) is -0.569. The van der Waals surface area contributed by atoms with Crippen LogP contribution in [0.2, 0.25) is 0 Å². The van der Waals surface area contributed by atoms with E-state index in [4.69, 9.17) is 14.2 Å². The third-order valence-electron chi connectivity index (χ3n) is 3.01. The molecule has 0 aromatic heterocycles. The van der Waals surface area contributed by atoms with E-state index < -0.39 is 0 Å². The minimum atomic E-state index is -0.284. The van der Waals surface area contributed by atoms with Crippen LogP contribution < -0.4 is 5.32 Å². The number of carbonyl (C=O) groups is 2. The van der Waals surface area contributed by atoms with Gasteiger partial charge in [-0.25, -0.2) is 0 Å². The van der Waals surface area contributed by atoms with E-state index in [1.54, 1.807) is 0 Å². The summed E-state index contributed by atoms with van der Waals surface area (Å²) in [6.45, 7) is 10.4. The van der Waals surface area contributed by atoms with Crippen LogP contribution in [0.25, 0.3) is 0 Å². The van der Waals surface area contributed by atoms with Gasteiger partial charge in [-0.05, 0) is 20.8 Å². The zero-order chi connectivity index (χ0) is 17.1. The van der Waals surface area contributed by atoms with Crippen LogP contribution in [0.5, 0.6) is 0 Å². The monoisotopic (exact) mass is 328 g/mol. The molecule has 0 unspecified atom stereocenters. The molecule has 1 aliphatic heterocycles. The molecule has 0 bridgehead atoms. The van der Waals surface area contributed by atoms with Gasteiger partial charge in [-0.15, -0.1) is 0 Å². The third-order valence-corrected chi connectivity index (χ3v) is 3.01. The van der Waals surface area contributed by atoms with Gasteiger partial charge in [0.15, 0.2) is 0 Å². The van der Waals surface area contributed by atoms with Crippen molar-refractivity contribution in [1.29, 1.82) is 0 Å². The summed E-state index contributed by atoms with van der Waals surface area (Å²) in [6.07, 6.45) is 2.53. The van der Waals surface area contributed by atoms with E-state index in [0.29, 0.717) is 39.6 Å². The normalized spacial score (nSPS) is 15.0. The second-order valence-electron chi connectivity index (χ2n) is 6.18. The first-order chi connectivity index (χ1) is 10.9. The van der Waals surface area contributed by atoms with E-state index in [0.717, 1.165) is 11.4 Å². The van der Waals surface area contributed by atoms with Gasteiger partial charge < -0.3 is 19.5 Å². The number of nitrogens with one attached hydrogen (secondary N) is 1. The average Bonchev–Trinajstić information content (AvgIpc) is 2.78. The van der Waals surface area contributed by atoms with Crippen molar-refractivity contribution in [2.24, 2.45) is 0 Å². The molecular formula is C16H28N2O5. The van der Waals surface area contributed by atoms with Gasteiger partial charge in [-0.1, -0.05) is 0 Å². The summed E-state index contributed by atoms with van der Waals surface area (Å²) in [5.41, 5.74) is 0.109. The van der Waals surface area contributed by atoms with E-state index in [2.05, 4.69) is 26.1 Å². The number of amides is 2. The van der Waals surface area contributed by atoms with Gasteiger partial charge >= 0.3 is 0 Å². The second kappa shape index (κ2) is 10.5. The van der Waals surface area contributed by atoms with Crippen LogP contribution in [0.1, 0.15) is 20.8 Å². The standard InChI is InChI=1S/C16H28N2O5/c1-16(2,3)17-6-8-21-10-12-23-13-11-22-9-7-18-14(19)4-5-15(18)20/h4-5,17H,6-13H2,1-3H3. The van der Waals surface area contributed by atoms with E-state index in [1.165, 1.54) is 12.2 Å². The third kappa shape index (κ3) is 9.45. The maximum absolute atomic E-state index is 11.3. The zero-order valence-electron chi connectivity index (χ0n) is 14.3. The minimum Gasteiger partial charge on any atom is -0.378 e. The maximum atomic E-state index is 11.3. The Kier molecular flexibility index (Phi) is 9.01. The molecule has 0 radical (unpaired) electrons. The van der Waals surface area contributed by atoms with Crippen LogP contribution in [0.3, 0.4) is 0 Å². The SMILES string of the molecule is CC(C)(C)NCCOCCOCCOCCN1C(=O)C=CC1=O. The molecule has 1 N–H and O–H groups in total. The number of imide groups is 1. The molecule has 0 atom stereocenters. The van der Waals surface area contributed by atoms with Crippen LogP contribution in [-0.2, 0) is 23.8 Å². The molecular weight excluding hydrogens is 300 g/mol. The van der Waals surface area contributed by atoms with Crippen molar-refractivity contribution in [3.63, 3.8) is 0 Å². The van der Waals surface area contributed by atoms with Crippen molar-refractivity contribution in [1.82, 2.24) is 10.2 Å². The molecule has 0 fully saturated rings. The number of rotatable bonds is 12. The highest BCUT2D eigenvalue weighted by Crippen LogP contribution is 2.02. The first-order valence-corrected chi connectivity index (χ1v) is 7.92. The van der Waals surface area contributed by atoms with E-state index in [1.807, 2.05) is 0 Å². The van der Waals surface area contributed by atoms with Crippen LogP contribution in [0.4, 0.5) is 0 Å². The van der Waals surface area contributed by atoms with Gasteiger partial charge in [0.05, 0.1) is 46.2 Å². The number of hydrogen-bond donors (Lipinski definition) is 1. The number of carbonyl (C=O) groups excluding carboxylic acids is 2. The molecule has 0 aromatic carbocycles. The van der Waals surface area contributed by atoms with Crippen molar-refractivity contribution >= 4 is 11.8 Å². The molecule has 0 saturated heterocycles. The first kappa shape index (κ1) is 19.8. The molecule has 0 aliphatic carbocycles. The highest BCUT2D eigenvalue weighted by Gasteiger charge is 2.22. The molecule has 0 spiro atoms. The first-order valence-electron chi connectivity index (χ1n) is 7.92. The van der Waals surface area contributed by atoms with Gasteiger partial charge in [0, 0.05) is 24.2 Å². The fourth-order valence-electron chi connectivity index (χ4n) is 1.85. The molecule has 132 valence electrons. The predicted octanol–water partition coefficient (Wildman–Crippen LogP) is 0.349. The lowest BCUT2D eigenvalue weighted by Gasteiger charge is -2.20. The van der Waals surface area contributed by atoms with Crippen LogP contribution >= 0.6 is 0 Å². The quantitative estimate of drug-likeness (QED) is 0.411. The Morgan fingerprint density at radius 1 is 0.870 bits per heavy atom. The summed E-state index contributed by atoms with van der Waals surface area (Å²) in [5, 5.41) is 3.33. The highest BCUT2D eigenvalue weighted by molar-refractivity contribution is 6.12. The van der Waals surface area contributed by atoms with Crippen molar-refractivity contribution in [3.8, 4) is 0 Å². The van der Waals surface area contributed by atoms with Crippen LogP contribution in [0, 0.1) is 0 Å². The number of hydrogen-bond acceptors (Lipinski definition) is 6. The summed E-state index contributed by atoms with van der Waals surface area (Å²) in [7, 11) is 0. The van der Waals surface area contributed by atoms with Crippen molar-refractivity contribution < 1.29 is 23.8 Å². The van der Waals surface area contributed by atoms with Crippen LogP contribution in [-0.4, -0.2) is 75.0 Å². The Balaban J connectivity index is 1.82. The van der Waals surface area contributed by atoms with Gasteiger partial charge in [-0.2, -0.15) is 0 Å². The largest absolute Gasteiger partial charge is 0.378 e. The predicted molar refractivity (Wildman–Crippen MR) is 86.1 cm³/mol. The summed E-state index contributed by atoms with van der Waals surface area (Å²) >= 11 is 0. The van der Waals surface area contributed by atoms with Gasteiger partial charge in [-0.3, -0.25) is 14.5 Å². The Bertz CT molecular complexity index is 386. The highest BCUT2D eigenvalue weighted by atomic mass is 16.5. The summed E-state index contributed by atoms with van der Waals surface area (Å²) in [6, 6.07) is 0. The van der Waals surface area contributed by atoms with Crippen molar-refractivity contribution in [2.75, 3.05) is 52.7 Å². The van der Waals surface area contributed by atoms with Gasteiger partial charge in [0.25, 0.3) is 11.8 Å². The van der Waals surface area contributed by atoms with Gasteiger partial charge in [0.2, 0.25) is 0 Å². The molecule has 23 heavy (non-hydrogen) atoms. The van der Waals surface area contributed by atoms with E-state index >= 15 is 0 Å². The fraction of sp³-hybridized carbons (Fsp3) is 0.750. The van der Waals surface area contributed by atoms with Crippen molar-refractivity contribution in [2.45, 2.75) is 26.3 Å². The zero-order valence-corrected chi connectivity index (χ0v) is 14.3. The average molecular weight is 328 g/mol. The molecule has 7 nitrogen and oxygen atoms in total. The van der Waals surface area contributed by atoms with Gasteiger partial charge in [0.1, 0.15) is 0 Å². The Morgan fingerprint density at radius 3 is 1.87 bits per heavy atom.